The number of carbonyl (C=O) groups is 2. The third-order valence-corrected chi connectivity index (χ3v) is 0.770. The van der Waals surface area contributed by atoms with Gasteiger partial charge >= 0.3 is 6.09 Å². The highest BCUT2D eigenvalue weighted by atomic mass is 32.1. The molecule has 0 spiro atoms. The molecule has 0 heterocycles. The van der Waals surface area contributed by atoms with E-state index < -0.39 is 12.0 Å². The van der Waals surface area contributed by atoms with E-state index in [0.29, 0.717) is 0 Å². The van der Waals surface area contributed by atoms with Crippen LogP contribution in [0.4, 0.5) is 4.79 Å². The molecule has 56 valence electrons. The lowest BCUT2D eigenvalue weighted by atomic mass is 10.8. The van der Waals surface area contributed by atoms with E-state index in [2.05, 4.69) is 22.4 Å². The third kappa shape index (κ3) is 3.79. The first-order valence-electron chi connectivity index (χ1n) is 2.34. The lowest BCUT2D eigenvalue weighted by molar-refractivity contribution is -0.122. The van der Waals surface area contributed by atoms with Gasteiger partial charge < -0.3 is 10.2 Å². The molecule has 0 unspecified atom stereocenters. The van der Waals surface area contributed by atoms with Gasteiger partial charge in [-0.05, 0) is 0 Å². The Hall–Kier alpha value is -1.17. The van der Waals surface area contributed by atoms with Crippen molar-refractivity contribution in [2.75, 3.05) is 7.05 Å². The minimum Gasteiger partial charge on any atom is -0.323 e. The van der Waals surface area contributed by atoms with Crippen LogP contribution in [-0.2, 0) is 9.63 Å². The van der Waals surface area contributed by atoms with Gasteiger partial charge in [0.15, 0.2) is 0 Å². The van der Waals surface area contributed by atoms with Gasteiger partial charge in [0.05, 0.1) is 5.37 Å². The molecule has 2 amide bonds. The van der Waals surface area contributed by atoms with Gasteiger partial charge in [-0.25, -0.2) is 4.79 Å². The second kappa shape index (κ2) is 4.68. The molecule has 0 bridgehead atoms. The monoisotopic (exact) mass is 162 g/mol. The number of hydroxylamine groups is 1. The van der Waals surface area contributed by atoms with Gasteiger partial charge in [0.2, 0.25) is 0 Å². The molecule has 0 rings (SSSR count). The van der Waals surface area contributed by atoms with E-state index in [0.717, 1.165) is 5.37 Å². The molecule has 0 radical (unpaired) electrons. The van der Waals surface area contributed by atoms with E-state index in [1.165, 1.54) is 7.05 Å². The Balaban J connectivity index is 3.44. The van der Waals surface area contributed by atoms with Crippen LogP contribution < -0.4 is 10.8 Å². The lowest BCUT2D eigenvalue weighted by Crippen LogP contribution is -2.31. The summed E-state index contributed by atoms with van der Waals surface area (Å²) in [5.41, 5.74) is 1.77. The Kier molecular flexibility index (Phi) is 4.14. The van der Waals surface area contributed by atoms with E-state index in [-0.39, 0.29) is 0 Å². The van der Waals surface area contributed by atoms with Crippen LogP contribution in [0, 0.1) is 0 Å². The maximum absolute atomic E-state index is 10.3. The van der Waals surface area contributed by atoms with E-state index in [1.807, 2.05) is 0 Å². The summed E-state index contributed by atoms with van der Waals surface area (Å²) in [7, 11) is 1.37. The summed E-state index contributed by atoms with van der Waals surface area (Å²) in [5, 5.41) is 2.94. The molecule has 0 aliphatic rings. The number of carbonyl (C=O) groups excluding carboxylic acids is 2. The van der Waals surface area contributed by atoms with Crippen LogP contribution in [0.15, 0.2) is 0 Å². The molecule has 0 aromatic rings. The van der Waals surface area contributed by atoms with Crippen molar-refractivity contribution in [3.05, 3.63) is 0 Å². The van der Waals surface area contributed by atoms with Gasteiger partial charge in [0.1, 0.15) is 0 Å². The van der Waals surface area contributed by atoms with Crippen molar-refractivity contribution in [1.82, 2.24) is 10.8 Å². The molecule has 0 aliphatic heterocycles. The molecule has 0 saturated carbocycles. The fourth-order valence-corrected chi connectivity index (χ4v) is 0.220. The minimum absolute atomic E-state index is 0.640. The first-order chi connectivity index (χ1) is 4.70. The summed E-state index contributed by atoms with van der Waals surface area (Å²) < 4.78 is 0. The molecule has 5 nitrogen and oxygen atoms in total. The van der Waals surface area contributed by atoms with Crippen molar-refractivity contribution in [3.63, 3.8) is 0 Å². The van der Waals surface area contributed by atoms with Crippen molar-refractivity contribution in [2.24, 2.45) is 0 Å². The standard InChI is InChI=1S/C4H6N2O3S/c1-5-4(8)9-6-3(7)2-10/h2H,1H3,(H,5,8)(H,6,7). The predicted octanol–water partition coefficient (Wildman–Crippen LogP) is -0.627. The summed E-state index contributed by atoms with van der Waals surface area (Å²) >= 11 is 4.21. The molecule has 10 heavy (non-hydrogen) atoms. The lowest BCUT2D eigenvalue weighted by Gasteiger charge is -1.99. The summed E-state index contributed by atoms with van der Waals surface area (Å²) in [6, 6.07) is 0. The van der Waals surface area contributed by atoms with Crippen LogP contribution in [0.25, 0.3) is 0 Å². The molecule has 0 fully saturated rings. The zero-order valence-electron chi connectivity index (χ0n) is 5.21. The number of rotatable bonds is 1. The van der Waals surface area contributed by atoms with Crippen molar-refractivity contribution in [1.29, 1.82) is 0 Å². The topological polar surface area (TPSA) is 67.4 Å². The Morgan fingerprint density at radius 1 is 1.60 bits per heavy atom. The van der Waals surface area contributed by atoms with Crippen LogP contribution in [-0.4, -0.2) is 24.4 Å². The smallest absolute Gasteiger partial charge is 0.323 e. The molecule has 0 saturated heterocycles. The highest BCUT2D eigenvalue weighted by molar-refractivity contribution is 7.80. The molecule has 0 aliphatic carbocycles. The second-order valence-electron chi connectivity index (χ2n) is 1.22. The Labute approximate surface area is 62.7 Å². The quantitative estimate of drug-likeness (QED) is 0.398. The van der Waals surface area contributed by atoms with Crippen LogP contribution in [0.3, 0.4) is 0 Å². The minimum atomic E-state index is -0.745. The Morgan fingerprint density at radius 3 is 2.60 bits per heavy atom. The van der Waals surface area contributed by atoms with Crippen molar-refractivity contribution < 1.29 is 14.4 Å². The highest BCUT2D eigenvalue weighted by Crippen LogP contribution is 1.68. The first kappa shape index (κ1) is 8.83. The SMILES string of the molecule is CNC(=O)ONC(=O)C=S. The van der Waals surface area contributed by atoms with Gasteiger partial charge in [-0.2, -0.15) is 5.48 Å². The third-order valence-electron chi connectivity index (χ3n) is 0.555. The van der Waals surface area contributed by atoms with Crippen LogP contribution >= 0.6 is 12.2 Å². The fourth-order valence-electron chi connectivity index (χ4n) is 0.172. The van der Waals surface area contributed by atoms with Gasteiger partial charge in [0.25, 0.3) is 5.91 Å². The van der Waals surface area contributed by atoms with Gasteiger partial charge in [-0.1, -0.05) is 12.2 Å². The molecule has 0 aromatic heterocycles. The Morgan fingerprint density at radius 2 is 2.20 bits per heavy atom. The number of amides is 2. The maximum atomic E-state index is 10.3. The van der Waals surface area contributed by atoms with E-state index in [4.69, 9.17) is 0 Å². The molecular weight excluding hydrogens is 156 g/mol. The maximum Gasteiger partial charge on any atom is 0.431 e. The highest BCUT2D eigenvalue weighted by Gasteiger charge is 1.98. The van der Waals surface area contributed by atoms with Crippen LogP contribution in [0.2, 0.25) is 0 Å². The van der Waals surface area contributed by atoms with Crippen molar-refractivity contribution >= 4 is 29.6 Å². The molecular formula is C4H6N2O3S. The average molecular weight is 162 g/mol. The van der Waals surface area contributed by atoms with Crippen LogP contribution in [0.5, 0.6) is 0 Å². The summed E-state index contributed by atoms with van der Waals surface area (Å²) in [6.07, 6.45) is -0.745. The summed E-state index contributed by atoms with van der Waals surface area (Å²) in [6.45, 7) is 0. The normalized spacial score (nSPS) is 7.70. The van der Waals surface area contributed by atoms with E-state index >= 15 is 0 Å². The van der Waals surface area contributed by atoms with Crippen molar-refractivity contribution in [2.45, 2.75) is 0 Å². The largest absolute Gasteiger partial charge is 0.431 e. The first-order valence-corrected chi connectivity index (χ1v) is 2.81. The predicted molar refractivity (Wildman–Crippen MR) is 37.3 cm³/mol. The second-order valence-corrected chi connectivity index (χ2v) is 1.46. The number of nitrogens with one attached hydrogen (secondary N) is 2. The Bertz CT molecular complexity index is 159. The van der Waals surface area contributed by atoms with Gasteiger partial charge in [-0.15, -0.1) is 0 Å². The molecule has 6 heteroatoms. The average Bonchev–Trinajstić information content (AvgIpc) is 1.99. The molecule has 0 atom stereocenters. The zero-order valence-corrected chi connectivity index (χ0v) is 6.03. The number of hydrogen-bond donors (Lipinski definition) is 2. The molecule has 2 N–H and O–H groups in total. The van der Waals surface area contributed by atoms with Crippen LogP contribution in [0.1, 0.15) is 0 Å². The summed E-state index contributed by atoms with van der Waals surface area (Å²) in [5.74, 6) is -0.640. The van der Waals surface area contributed by atoms with E-state index in [9.17, 15) is 9.59 Å². The van der Waals surface area contributed by atoms with E-state index in [1.54, 1.807) is 5.48 Å². The molecule has 0 aromatic carbocycles. The number of hydrogen-bond acceptors (Lipinski definition) is 4. The number of thiocarbonyl (C=S) groups is 1. The summed E-state index contributed by atoms with van der Waals surface area (Å²) in [4.78, 5) is 24.6. The van der Waals surface area contributed by atoms with Gasteiger partial charge in [0, 0.05) is 7.05 Å². The van der Waals surface area contributed by atoms with Crippen molar-refractivity contribution in [3.8, 4) is 0 Å². The zero-order chi connectivity index (χ0) is 7.98. The fraction of sp³-hybridized carbons (Fsp3) is 0.250. The van der Waals surface area contributed by atoms with Gasteiger partial charge in [-0.3, -0.25) is 4.79 Å².